The molecule has 0 unspecified atom stereocenters. The minimum absolute atomic E-state index is 0.124. The van der Waals surface area contributed by atoms with Crippen molar-refractivity contribution in [2.45, 2.75) is 18.9 Å². The lowest BCUT2D eigenvalue weighted by Gasteiger charge is -2.31. The summed E-state index contributed by atoms with van der Waals surface area (Å²) in [6.07, 6.45) is 3.73. The second-order valence-corrected chi connectivity index (χ2v) is 6.11. The average Bonchev–Trinajstić information content (AvgIpc) is 3.28. The Kier molecular flexibility index (Phi) is 3.87. The first-order chi connectivity index (χ1) is 12.1. The van der Waals surface area contributed by atoms with E-state index in [1.807, 2.05) is 15.8 Å². The minimum Gasteiger partial charge on any atom is -0.423 e. The number of aromatic nitrogens is 3. The second kappa shape index (κ2) is 6.19. The van der Waals surface area contributed by atoms with Gasteiger partial charge in [-0.3, -0.25) is 9.48 Å². The number of piperidine rings is 1. The van der Waals surface area contributed by atoms with Crippen LogP contribution in [0.5, 0.6) is 0 Å². The molecule has 3 heterocycles. The fourth-order valence-electron chi connectivity index (χ4n) is 3.16. The van der Waals surface area contributed by atoms with E-state index in [9.17, 15) is 9.18 Å². The zero-order chi connectivity index (χ0) is 17.4. The molecule has 1 N–H and O–H groups in total. The van der Waals surface area contributed by atoms with Gasteiger partial charge in [0.2, 0.25) is 0 Å². The van der Waals surface area contributed by atoms with Gasteiger partial charge < -0.3 is 14.6 Å². The highest BCUT2D eigenvalue weighted by Gasteiger charge is 2.25. The van der Waals surface area contributed by atoms with Crippen LogP contribution in [0.25, 0.3) is 11.1 Å². The highest BCUT2D eigenvalue weighted by Crippen LogP contribution is 2.28. The van der Waals surface area contributed by atoms with Crippen LogP contribution in [0.3, 0.4) is 0 Å². The predicted molar refractivity (Wildman–Crippen MR) is 90.1 cm³/mol. The minimum atomic E-state index is -0.331. The van der Waals surface area contributed by atoms with Crippen LogP contribution in [0.2, 0.25) is 0 Å². The summed E-state index contributed by atoms with van der Waals surface area (Å²) in [7, 11) is 1.58. The predicted octanol–water partition coefficient (Wildman–Crippen LogP) is 2.36. The van der Waals surface area contributed by atoms with E-state index in [4.69, 9.17) is 4.42 Å². The number of oxazole rings is 1. The largest absolute Gasteiger partial charge is 0.423 e. The zero-order valence-electron chi connectivity index (χ0n) is 13.8. The lowest BCUT2D eigenvalue weighted by Crippen LogP contribution is -2.37. The first-order valence-electron chi connectivity index (χ1n) is 8.22. The Hall–Kier alpha value is -2.90. The van der Waals surface area contributed by atoms with Crippen LogP contribution in [0, 0.1) is 5.82 Å². The number of amides is 1. The van der Waals surface area contributed by atoms with Gasteiger partial charge in [0.15, 0.2) is 5.58 Å². The van der Waals surface area contributed by atoms with Crippen molar-refractivity contribution in [3.8, 4) is 0 Å². The molecule has 4 rings (SSSR count). The number of halogens is 1. The molecular formula is C17H18FN5O2. The van der Waals surface area contributed by atoms with E-state index in [1.54, 1.807) is 19.2 Å². The maximum absolute atomic E-state index is 13.3. The van der Waals surface area contributed by atoms with Crippen molar-refractivity contribution in [2.24, 2.45) is 0 Å². The molecule has 1 aliphatic rings. The van der Waals surface area contributed by atoms with Crippen molar-refractivity contribution >= 4 is 23.0 Å². The van der Waals surface area contributed by atoms with Crippen molar-refractivity contribution < 1.29 is 13.6 Å². The Morgan fingerprint density at radius 3 is 3.12 bits per heavy atom. The van der Waals surface area contributed by atoms with Crippen LogP contribution in [0.4, 0.5) is 10.4 Å². The van der Waals surface area contributed by atoms with Crippen molar-refractivity contribution in [1.29, 1.82) is 0 Å². The summed E-state index contributed by atoms with van der Waals surface area (Å²) < 4.78 is 20.9. The van der Waals surface area contributed by atoms with Gasteiger partial charge in [0.25, 0.3) is 11.9 Å². The molecule has 2 aromatic heterocycles. The molecule has 1 amide bonds. The topological polar surface area (TPSA) is 76.2 Å². The molecule has 8 heteroatoms. The van der Waals surface area contributed by atoms with Crippen LogP contribution in [-0.4, -0.2) is 40.8 Å². The number of fused-ring (bicyclic) bond motifs is 1. The highest BCUT2D eigenvalue weighted by atomic mass is 19.1. The number of hydrogen-bond acceptors (Lipinski definition) is 5. The van der Waals surface area contributed by atoms with E-state index >= 15 is 0 Å². The van der Waals surface area contributed by atoms with E-state index in [0.29, 0.717) is 29.4 Å². The van der Waals surface area contributed by atoms with Crippen LogP contribution >= 0.6 is 0 Å². The van der Waals surface area contributed by atoms with Crippen molar-refractivity contribution in [3.63, 3.8) is 0 Å². The quantitative estimate of drug-likeness (QED) is 0.790. The third-order valence-electron chi connectivity index (χ3n) is 4.45. The van der Waals surface area contributed by atoms with E-state index in [2.05, 4.69) is 15.4 Å². The molecule has 1 saturated heterocycles. The highest BCUT2D eigenvalue weighted by molar-refractivity contribution is 5.91. The maximum atomic E-state index is 13.3. The van der Waals surface area contributed by atoms with Crippen LogP contribution < -0.4 is 10.2 Å². The van der Waals surface area contributed by atoms with E-state index in [0.717, 1.165) is 19.4 Å². The monoisotopic (exact) mass is 343 g/mol. The van der Waals surface area contributed by atoms with Gasteiger partial charge in [0.05, 0.1) is 6.04 Å². The number of benzene rings is 1. The number of nitrogens with zero attached hydrogens (tertiary/aromatic N) is 4. The number of carbonyl (C=O) groups excluding carboxylic acids is 1. The summed E-state index contributed by atoms with van der Waals surface area (Å²) in [4.78, 5) is 18.1. The fraction of sp³-hybridized carbons (Fsp3) is 0.353. The van der Waals surface area contributed by atoms with Gasteiger partial charge in [0, 0.05) is 32.4 Å². The molecule has 0 aliphatic carbocycles. The van der Waals surface area contributed by atoms with Gasteiger partial charge in [-0.25, -0.2) is 4.39 Å². The van der Waals surface area contributed by atoms with Gasteiger partial charge >= 0.3 is 0 Å². The molecule has 25 heavy (non-hydrogen) atoms. The summed E-state index contributed by atoms with van der Waals surface area (Å²) in [6, 6.07) is 6.64. The number of nitrogens with one attached hydrogen (secondary N) is 1. The van der Waals surface area contributed by atoms with Gasteiger partial charge in [-0.15, -0.1) is 0 Å². The lowest BCUT2D eigenvalue weighted by molar-refractivity contribution is 0.0957. The lowest BCUT2D eigenvalue weighted by atomic mass is 10.1. The molecule has 0 saturated carbocycles. The Morgan fingerprint density at radius 2 is 2.28 bits per heavy atom. The molecular weight excluding hydrogens is 325 g/mol. The average molecular weight is 343 g/mol. The van der Waals surface area contributed by atoms with Gasteiger partial charge in [0.1, 0.15) is 17.0 Å². The third-order valence-corrected chi connectivity index (χ3v) is 4.45. The maximum Gasteiger partial charge on any atom is 0.298 e. The Balaban J connectivity index is 1.55. The summed E-state index contributed by atoms with van der Waals surface area (Å²) >= 11 is 0. The Bertz CT molecular complexity index is 919. The standard InChI is InChI=1S/C17H18FN5O2/c1-19-16(24)13-6-8-23(21-13)12-3-2-7-22(10-12)17-20-14-9-11(18)4-5-15(14)25-17/h4-6,8-9,12H,2-3,7,10H2,1H3,(H,19,24)/t12-/m0/s1. The summed E-state index contributed by atoms with van der Waals surface area (Å²) in [5, 5.41) is 6.94. The van der Waals surface area contributed by atoms with Crippen molar-refractivity contribution in [1.82, 2.24) is 20.1 Å². The smallest absolute Gasteiger partial charge is 0.298 e. The first kappa shape index (κ1) is 15.6. The van der Waals surface area contributed by atoms with Crippen molar-refractivity contribution in [2.75, 3.05) is 25.0 Å². The number of rotatable bonds is 3. The Labute approximate surface area is 143 Å². The van der Waals surface area contributed by atoms with Crippen LogP contribution in [0.1, 0.15) is 29.4 Å². The zero-order valence-corrected chi connectivity index (χ0v) is 13.8. The van der Waals surface area contributed by atoms with E-state index < -0.39 is 0 Å². The second-order valence-electron chi connectivity index (χ2n) is 6.11. The van der Waals surface area contributed by atoms with Crippen LogP contribution in [-0.2, 0) is 0 Å². The summed E-state index contributed by atoms with van der Waals surface area (Å²) in [5.41, 5.74) is 1.48. The van der Waals surface area contributed by atoms with Gasteiger partial charge in [-0.05, 0) is 31.0 Å². The molecule has 1 aromatic carbocycles. The molecule has 0 bridgehead atoms. The molecule has 1 atom stereocenters. The van der Waals surface area contributed by atoms with Gasteiger partial charge in [-0.2, -0.15) is 10.1 Å². The third kappa shape index (κ3) is 2.95. The molecule has 0 radical (unpaired) electrons. The number of hydrogen-bond donors (Lipinski definition) is 1. The summed E-state index contributed by atoms with van der Waals surface area (Å²) in [5.74, 6) is -0.533. The first-order valence-corrected chi connectivity index (χ1v) is 8.22. The summed E-state index contributed by atoms with van der Waals surface area (Å²) in [6.45, 7) is 1.49. The van der Waals surface area contributed by atoms with Gasteiger partial charge in [-0.1, -0.05) is 0 Å². The van der Waals surface area contributed by atoms with Crippen LogP contribution in [0.15, 0.2) is 34.9 Å². The molecule has 7 nitrogen and oxygen atoms in total. The SMILES string of the molecule is CNC(=O)c1ccn([C@H]2CCCN(c3nc4cc(F)ccc4o3)C2)n1. The van der Waals surface area contributed by atoms with Crippen molar-refractivity contribution in [3.05, 3.63) is 42.0 Å². The van der Waals surface area contributed by atoms with E-state index in [-0.39, 0.29) is 17.8 Å². The normalized spacial score (nSPS) is 17.8. The Morgan fingerprint density at radius 1 is 1.40 bits per heavy atom. The number of carbonyl (C=O) groups is 1. The molecule has 1 aliphatic heterocycles. The molecule has 3 aromatic rings. The molecule has 0 spiro atoms. The van der Waals surface area contributed by atoms with E-state index in [1.165, 1.54) is 12.1 Å². The molecule has 130 valence electrons. The number of anilines is 1. The molecule has 1 fully saturated rings. The fourth-order valence-corrected chi connectivity index (χ4v) is 3.16.